The molecule has 0 aromatic carbocycles. The van der Waals surface area contributed by atoms with Crippen LogP contribution in [0.25, 0.3) is 0 Å². The summed E-state index contributed by atoms with van der Waals surface area (Å²) < 4.78 is 5.60. The van der Waals surface area contributed by atoms with E-state index in [2.05, 4.69) is 20.7 Å². The van der Waals surface area contributed by atoms with Gasteiger partial charge in [-0.2, -0.15) is 0 Å². The van der Waals surface area contributed by atoms with Crippen LogP contribution in [-0.2, 0) is 9.53 Å². The Kier molecular flexibility index (Phi) is 4.57. The maximum absolute atomic E-state index is 10.9. The van der Waals surface area contributed by atoms with Gasteiger partial charge in [0.25, 0.3) is 0 Å². The number of halogens is 1. The molecule has 0 fully saturated rings. The molecule has 0 bridgehead atoms. The summed E-state index contributed by atoms with van der Waals surface area (Å²) in [6, 6.07) is 1.89. The van der Waals surface area contributed by atoms with E-state index >= 15 is 0 Å². The SMILES string of the molecule is COC(=O)CCC(N)c1csc(Br)c1. The van der Waals surface area contributed by atoms with Gasteiger partial charge in [-0.15, -0.1) is 11.3 Å². The summed E-state index contributed by atoms with van der Waals surface area (Å²) in [7, 11) is 1.38. The van der Waals surface area contributed by atoms with Crippen molar-refractivity contribution in [2.45, 2.75) is 18.9 Å². The third-order valence-electron chi connectivity index (χ3n) is 1.90. The van der Waals surface area contributed by atoms with E-state index in [0.717, 1.165) is 9.35 Å². The lowest BCUT2D eigenvalue weighted by molar-refractivity contribution is -0.140. The number of carbonyl (C=O) groups excluding carboxylic acids is 1. The second-order valence-electron chi connectivity index (χ2n) is 2.91. The summed E-state index contributed by atoms with van der Waals surface area (Å²) in [6.07, 6.45) is 0.987. The van der Waals surface area contributed by atoms with Crippen molar-refractivity contribution >= 4 is 33.2 Å². The zero-order valence-corrected chi connectivity index (χ0v) is 10.2. The lowest BCUT2D eigenvalue weighted by Gasteiger charge is -2.07. The highest BCUT2D eigenvalue weighted by molar-refractivity contribution is 9.11. The number of hydrogen-bond acceptors (Lipinski definition) is 4. The van der Waals surface area contributed by atoms with Gasteiger partial charge in [0.15, 0.2) is 0 Å². The predicted molar refractivity (Wildman–Crippen MR) is 60.2 cm³/mol. The fraction of sp³-hybridized carbons (Fsp3) is 0.444. The van der Waals surface area contributed by atoms with Crippen molar-refractivity contribution in [2.24, 2.45) is 5.73 Å². The fourth-order valence-corrected chi connectivity index (χ4v) is 2.30. The first-order chi connectivity index (χ1) is 6.63. The standard InChI is InChI=1S/C9H12BrNO2S/c1-13-9(12)3-2-7(11)6-4-8(10)14-5-6/h4-5,7H,2-3,11H2,1H3. The normalized spacial score (nSPS) is 12.5. The average molecular weight is 278 g/mol. The van der Waals surface area contributed by atoms with Gasteiger partial charge in [0, 0.05) is 12.5 Å². The smallest absolute Gasteiger partial charge is 0.305 e. The Morgan fingerprint density at radius 2 is 2.50 bits per heavy atom. The summed E-state index contributed by atoms with van der Waals surface area (Å²) in [5, 5.41) is 1.99. The minimum Gasteiger partial charge on any atom is -0.469 e. The highest BCUT2D eigenvalue weighted by Crippen LogP contribution is 2.26. The van der Waals surface area contributed by atoms with Crippen molar-refractivity contribution in [3.05, 3.63) is 20.8 Å². The minimum absolute atomic E-state index is 0.0864. The monoisotopic (exact) mass is 277 g/mol. The van der Waals surface area contributed by atoms with E-state index in [0.29, 0.717) is 12.8 Å². The van der Waals surface area contributed by atoms with Crippen LogP contribution in [0.2, 0.25) is 0 Å². The summed E-state index contributed by atoms with van der Waals surface area (Å²) in [5.74, 6) is -0.213. The molecule has 0 saturated carbocycles. The number of methoxy groups -OCH3 is 1. The van der Waals surface area contributed by atoms with E-state index in [1.165, 1.54) is 7.11 Å². The van der Waals surface area contributed by atoms with E-state index in [-0.39, 0.29) is 12.0 Å². The van der Waals surface area contributed by atoms with Gasteiger partial charge in [-0.3, -0.25) is 4.79 Å². The molecule has 0 saturated heterocycles. The van der Waals surface area contributed by atoms with E-state index in [4.69, 9.17) is 5.73 Å². The van der Waals surface area contributed by atoms with Crippen molar-refractivity contribution in [3.8, 4) is 0 Å². The number of ether oxygens (including phenoxy) is 1. The molecule has 78 valence electrons. The highest BCUT2D eigenvalue weighted by Gasteiger charge is 2.10. The predicted octanol–water partition coefficient (Wildman–Crippen LogP) is 2.46. The average Bonchev–Trinajstić information content (AvgIpc) is 2.60. The van der Waals surface area contributed by atoms with Gasteiger partial charge in [0.2, 0.25) is 0 Å². The van der Waals surface area contributed by atoms with Crippen molar-refractivity contribution in [1.29, 1.82) is 0 Å². The molecule has 1 atom stereocenters. The van der Waals surface area contributed by atoms with Crippen LogP contribution in [0.1, 0.15) is 24.4 Å². The van der Waals surface area contributed by atoms with Crippen LogP contribution in [0.4, 0.5) is 0 Å². The summed E-state index contributed by atoms with van der Waals surface area (Å²) >= 11 is 4.96. The van der Waals surface area contributed by atoms with Gasteiger partial charge in [-0.1, -0.05) is 0 Å². The molecule has 0 aliphatic rings. The van der Waals surface area contributed by atoms with Crippen molar-refractivity contribution < 1.29 is 9.53 Å². The fourth-order valence-electron chi connectivity index (χ4n) is 1.06. The van der Waals surface area contributed by atoms with E-state index in [9.17, 15) is 4.79 Å². The molecule has 0 spiro atoms. The van der Waals surface area contributed by atoms with Crippen LogP contribution < -0.4 is 5.73 Å². The van der Waals surface area contributed by atoms with Crippen molar-refractivity contribution in [1.82, 2.24) is 0 Å². The van der Waals surface area contributed by atoms with Gasteiger partial charge in [-0.05, 0) is 39.4 Å². The van der Waals surface area contributed by atoms with Crippen LogP contribution in [0.15, 0.2) is 15.2 Å². The topological polar surface area (TPSA) is 52.3 Å². The molecular weight excluding hydrogens is 266 g/mol. The zero-order chi connectivity index (χ0) is 10.6. The molecule has 0 aliphatic carbocycles. The van der Waals surface area contributed by atoms with Crippen LogP contribution >= 0.6 is 27.3 Å². The molecule has 1 aromatic heterocycles. The van der Waals surface area contributed by atoms with Gasteiger partial charge < -0.3 is 10.5 Å². The Morgan fingerprint density at radius 1 is 1.79 bits per heavy atom. The molecule has 14 heavy (non-hydrogen) atoms. The zero-order valence-electron chi connectivity index (χ0n) is 7.83. The van der Waals surface area contributed by atoms with Crippen LogP contribution in [0.5, 0.6) is 0 Å². The number of esters is 1. The molecule has 3 nitrogen and oxygen atoms in total. The number of rotatable bonds is 4. The third-order valence-corrected chi connectivity index (χ3v) is 3.43. The van der Waals surface area contributed by atoms with Crippen molar-refractivity contribution in [2.75, 3.05) is 7.11 Å². The lowest BCUT2D eigenvalue weighted by atomic mass is 10.1. The molecule has 2 N–H and O–H groups in total. The first-order valence-electron chi connectivity index (χ1n) is 4.20. The number of hydrogen-bond donors (Lipinski definition) is 1. The van der Waals surface area contributed by atoms with E-state index in [1.54, 1.807) is 11.3 Å². The molecule has 5 heteroatoms. The van der Waals surface area contributed by atoms with Gasteiger partial charge >= 0.3 is 5.97 Å². The summed E-state index contributed by atoms with van der Waals surface area (Å²) in [5.41, 5.74) is 6.95. The Bertz CT molecular complexity index is 314. The molecule has 0 radical (unpaired) electrons. The Balaban J connectivity index is 2.42. The maximum Gasteiger partial charge on any atom is 0.305 e. The van der Waals surface area contributed by atoms with Crippen molar-refractivity contribution in [3.63, 3.8) is 0 Å². The highest BCUT2D eigenvalue weighted by atomic mass is 79.9. The van der Waals surface area contributed by atoms with Crippen LogP contribution in [0.3, 0.4) is 0 Å². The molecule has 1 rings (SSSR count). The molecule has 1 heterocycles. The van der Waals surface area contributed by atoms with E-state index in [1.807, 2.05) is 11.4 Å². The lowest BCUT2D eigenvalue weighted by Crippen LogP contribution is -2.12. The summed E-state index contributed by atoms with van der Waals surface area (Å²) in [6.45, 7) is 0. The first kappa shape index (κ1) is 11.7. The number of nitrogens with two attached hydrogens (primary N) is 1. The molecule has 0 amide bonds. The van der Waals surface area contributed by atoms with Crippen LogP contribution in [0, 0.1) is 0 Å². The molecule has 1 unspecified atom stereocenters. The molecule has 1 aromatic rings. The third kappa shape index (κ3) is 3.40. The Morgan fingerprint density at radius 3 is 3.00 bits per heavy atom. The second-order valence-corrected chi connectivity index (χ2v) is 5.20. The van der Waals surface area contributed by atoms with E-state index < -0.39 is 0 Å². The molecular formula is C9H12BrNO2S. The van der Waals surface area contributed by atoms with Gasteiger partial charge in [0.1, 0.15) is 0 Å². The number of carbonyl (C=O) groups is 1. The first-order valence-corrected chi connectivity index (χ1v) is 5.87. The van der Waals surface area contributed by atoms with Gasteiger partial charge in [-0.25, -0.2) is 0 Å². The number of thiophene rings is 1. The Labute approximate surface area is 95.4 Å². The quantitative estimate of drug-likeness (QED) is 0.861. The minimum atomic E-state index is -0.213. The van der Waals surface area contributed by atoms with Crippen LogP contribution in [-0.4, -0.2) is 13.1 Å². The maximum atomic E-state index is 10.9. The Hall–Kier alpha value is -0.390. The van der Waals surface area contributed by atoms with Gasteiger partial charge in [0.05, 0.1) is 10.9 Å². The summed E-state index contributed by atoms with van der Waals surface area (Å²) in [4.78, 5) is 10.9. The second kappa shape index (κ2) is 5.48. The molecule has 0 aliphatic heterocycles. The largest absolute Gasteiger partial charge is 0.469 e.